The van der Waals surface area contributed by atoms with E-state index in [-0.39, 0.29) is 0 Å². The number of nitrogens with zero attached hydrogens (tertiary/aromatic N) is 1. The summed E-state index contributed by atoms with van der Waals surface area (Å²) in [6.45, 7) is 3.01. The van der Waals surface area contributed by atoms with Gasteiger partial charge < -0.3 is 5.73 Å². The average Bonchev–Trinajstić information content (AvgIpc) is 2.82. The van der Waals surface area contributed by atoms with Gasteiger partial charge in [-0.15, -0.1) is 0 Å². The number of rotatable bonds is 5. The van der Waals surface area contributed by atoms with Crippen molar-refractivity contribution in [2.24, 2.45) is 5.73 Å². The van der Waals surface area contributed by atoms with Gasteiger partial charge >= 0.3 is 0 Å². The maximum absolute atomic E-state index is 12.4. The van der Waals surface area contributed by atoms with Crippen LogP contribution in [0.3, 0.4) is 0 Å². The predicted octanol–water partition coefficient (Wildman–Crippen LogP) is 1.14. The van der Waals surface area contributed by atoms with Crippen molar-refractivity contribution in [3.8, 4) is 0 Å². The van der Waals surface area contributed by atoms with Gasteiger partial charge in [-0.2, -0.15) is 4.31 Å². The summed E-state index contributed by atoms with van der Waals surface area (Å²) in [6.07, 6.45) is 3.18. The molecule has 0 bridgehead atoms. The third kappa shape index (κ3) is 2.43. The molecule has 1 aromatic rings. The molecule has 0 unspecified atom stereocenters. The second-order valence-corrected chi connectivity index (χ2v) is 6.51. The van der Waals surface area contributed by atoms with Gasteiger partial charge in [0, 0.05) is 19.6 Å². The minimum absolute atomic E-state index is 0.345. The molecule has 1 aromatic carbocycles. The first-order valence-corrected chi connectivity index (χ1v) is 7.85. The third-order valence-corrected chi connectivity index (χ3v) is 5.41. The fraction of sp³-hybridized carbons (Fsp3) is 0.538. The first kappa shape index (κ1) is 13.5. The molecular weight excluding hydrogens is 248 g/mol. The highest BCUT2D eigenvalue weighted by atomic mass is 32.2. The lowest BCUT2D eigenvalue weighted by Crippen LogP contribution is -2.35. The van der Waals surface area contributed by atoms with Crippen LogP contribution in [0.2, 0.25) is 0 Å². The number of fused-ring (bicyclic) bond motifs is 1. The molecule has 100 valence electrons. The second-order valence-electron chi connectivity index (χ2n) is 4.57. The number of hydrogen-bond acceptors (Lipinski definition) is 3. The van der Waals surface area contributed by atoms with Gasteiger partial charge in [0.2, 0.25) is 10.0 Å². The highest BCUT2D eigenvalue weighted by Crippen LogP contribution is 2.26. The van der Waals surface area contributed by atoms with Crippen molar-refractivity contribution in [2.75, 3.05) is 19.6 Å². The Morgan fingerprint density at radius 3 is 2.67 bits per heavy atom. The molecular formula is C13H20N2O2S. The van der Waals surface area contributed by atoms with E-state index in [9.17, 15) is 8.42 Å². The van der Waals surface area contributed by atoms with Crippen molar-refractivity contribution in [2.45, 2.75) is 31.1 Å². The van der Waals surface area contributed by atoms with Crippen LogP contribution < -0.4 is 5.73 Å². The van der Waals surface area contributed by atoms with Gasteiger partial charge in [0.25, 0.3) is 0 Å². The molecule has 2 rings (SSSR count). The van der Waals surface area contributed by atoms with Crippen molar-refractivity contribution >= 4 is 10.0 Å². The van der Waals surface area contributed by atoms with Crippen LogP contribution in [0.25, 0.3) is 0 Å². The lowest BCUT2D eigenvalue weighted by Gasteiger charge is -2.20. The van der Waals surface area contributed by atoms with E-state index in [2.05, 4.69) is 0 Å². The van der Waals surface area contributed by atoms with Crippen molar-refractivity contribution in [1.82, 2.24) is 4.31 Å². The lowest BCUT2D eigenvalue weighted by atomic mass is 10.1. The molecule has 2 N–H and O–H groups in total. The van der Waals surface area contributed by atoms with Gasteiger partial charge in [0.05, 0.1) is 4.90 Å². The van der Waals surface area contributed by atoms with Crippen molar-refractivity contribution in [3.63, 3.8) is 0 Å². The lowest BCUT2D eigenvalue weighted by molar-refractivity contribution is 0.435. The number of likely N-dealkylation sites (N-methyl/N-ethyl adjacent to an activating group) is 1. The standard InChI is InChI=1S/C13H20N2O2S/c1-2-15(9-8-14)18(16,17)13-7-6-11-4-3-5-12(11)10-13/h6-7,10H,2-5,8-9,14H2,1H3. The Balaban J connectivity index is 2.35. The molecule has 0 spiro atoms. The predicted molar refractivity (Wildman–Crippen MR) is 72.0 cm³/mol. The van der Waals surface area contributed by atoms with Crippen molar-refractivity contribution < 1.29 is 8.42 Å². The minimum Gasteiger partial charge on any atom is -0.329 e. The normalized spacial score (nSPS) is 15.1. The summed E-state index contributed by atoms with van der Waals surface area (Å²) in [5.41, 5.74) is 7.93. The molecule has 0 aromatic heterocycles. The Hall–Kier alpha value is -0.910. The van der Waals surface area contributed by atoms with E-state index in [1.807, 2.05) is 19.1 Å². The summed E-state index contributed by atoms with van der Waals surface area (Å²) < 4.78 is 26.3. The fourth-order valence-corrected chi connectivity index (χ4v) is 3.96. The Morgan fingerprint density at radius 2 is 2.00 bits per heavy atom. The number of hydrogen-bond donors (Lipinski definition) is 1. The van der Waals surface area contributed by atoms with Crippen LogP contribution in [0.4, 0.5) is 0 Å². The molecule has 1 aliphatic rings. The van der Waals surface area contributed by atoms with Crippen LogP contribution in [0.1, 0.15) is 24.5 Å². The van der Waals surface area contributed by atoms with Crippen LogP contribution in [0.15, 0.2) is 23.1 Å². The van der Waals surface area contributed by atoms with E-state index < -0.39 is 10.0 Å². The monoisotopic (exact) mass is 268 g/mol. The minimum atomic E-state index is -3.38. The van der Waals surface area contributed by atoms with Crippen molar-refractivity contribution in [1.29, 1.82) is 0 Å². The Labute approximate surface area is 109 Å². The van der Waals surface area contributed by atoms with Crippen LogP contribution in [0, 0.1) is 0 Å². The van der Waals surface area contributed by atoms with E-state index in [0.717, 1.165) is 19.3 Å². The number of benzene rings is 1. The molecule has 0 radical (unpaired) electrons. The molecule has 0 heterocycles. The zero-order valence-electron chi connectivity index (χ0n) is 10.7. The first-order valence-electron chi connectivity index (χ1n) is 6.41. The molecule has 0 atom stereocenters. The van der Waals surface area contributed by atoms with Gasteiger partial charge in [-0.05, 0) is 42.5 Å². The molecule has 0 amide bonds. The largest absolute Gasteiger partial charge is 0.329 e. The van der Waals surface area contributed by atoms with Gasteiger partial charge in [-0.25, -0.2) is 8.42 Å². The quantitative estimate of drug-likeness (QED) is 0.871. The second kappa shape index (κ2) is 5.38. The molecule has 0 fully saturated rings. The van der Waals surface area contributed by atoms with Crippen LogP contribution >= 0.6 is 0 Å². The number of aryl methyl sites for hydroxylation is 2. The average molecular weight is 268 g/mol. The van der Waals surface area contributed by atoms with E-state index in [4.69, 9.17) is 5.73 Å². The van der Waals surface area contributed by atoms with Crippen LogP contribution in [-0.4, -0.2) is 32.4 Å². The summed E-state index contributed by atoms with van der Waals surface area (Å²) in [5, 5.41) is 0. The molecule has 0 aliphatic heterocycles. The number of sulfonamides is 1. The first-order chi connectivity index (χ1) is 8.59. The Bertz CT molecular complexity index is 526. The van der Waals surface area contributed by atoms with E-state index in [1.165, 1.54) is 15.4 Å². The molecule has 4 nitrogen and oxygen atoms in total. The zero-order valence-corrected chi connectivity index (χ0v) is 11.5. The summed E-state index contributed by atoms with van der Waals surface area (Å²) in [6, 6.07) is 5.50. The SMILES string of the molecule is CCN(CCN)S(=O)(=O)c1ccc2c(c1)CCC2. The smallest absolute Gasteiger partial charge is 0.243 e. The third-order valence-electron chi connectivity index (χ3n) is 3.44. The van der Waals surface area contributed by atoms with Gasteiger partial charge in [-0.3, -0.25) is 0 Å². The molecule has 1 aliphatic carbocycles. The maximum Gasteiger partial charge on any atom is 0.243 e. The van der Waals surface area contributed by atoms with Gasteiger partial charge in [0.15, 0.2) is 0 Å². The van der Waals surface area contributed by atoms with E-state index in [0.29, 0.717) is 24.5 Å². The highest BCUT2D eigenvalue weighted by Gasteiger charge is 2.24. The Kier molecular flexibility index (Phi) is 4.04. The van der Waals surface area contributed by atoms with Crippen LogP contribution in [0.5, 0.6) is 0 Å². The van der Waals surface area contributed by atoms with Crippen molar-refractivity contribution in [3.05, 3.63) is 29.3 Å². The summed E-state index contributed by atoms with van der Waals surface area (Å²) in [4.78, 5) is 0.401. The zero-order chi connectivity index (χ0) is 13.2. The van der Waals surface area contributed by atoms with Gasteiger partial charge in [-0.1, -0.05) is 13.0 Å². The van der Waals surface area contributed by atoms with E-state index >= 15 is 0 Å². The van der Waals surface area contributed by atoms with Gasteiger partial charge in [0.1, 0.15) is 0 Å². The van der Waals surface area contributed by atoms with E-state index in [1.54, 1.807) is 6.07 Å². The molecule has 0 saturated carbocycles. The van der Waals surface area contributed by atoms with Crippen LogP contribution in [-0.2, 0) is 22.9 Å². The fourth-order valence-electron chi connectivity index (χ4n) is 2.45. The topological polar surface area (TPSA) is 63.4 Å². The molecule has 18 heavy (non-hydrogen) atoms. The summed E-state index contributed by atoms with van der Waals surface area (Å²) in [7, 11) is -3.38. The Morgan fingerprint density at radius 1 is 1.28 bits per heavy atom. The number of nitrogens with two attached hydrogens (primary N) is 1. The molecule has 5 heteroatoms. The molecule has 0 saturated heterocycles. The highest BCUT2D eigenvalue weighted by molar-refractivity contribution is 7.89. The summed E-state index contributed by atoms with van der Waals surface area (Å²) >= 11 is 0. The summed E-state index contributed by atoms with van der Waals surface area (Å²) in [5.74, 6) is 0. The maximum atomic E-state index is 12.4.